The topological polar surface area (TPSA) is 105 Å². The van der Waals surface area contributed by atoms with Crippen LogP contribution in [0, 0.1) is 0 Å². The normalized spacial score (nSPS) is 11.6. The van der Waals surface area contributed by atoms with Crippen LogP contribution in [0.15, 0.2) is 71.7 Å². The predicted octanol–water partition coefficient (Wildman–Crippen LogP) is 5.51. The monoisotopic (exact) mass is 478 g/mol. The predicted molar refractivity (Wildman–Crippen MR) is 133 cm³/mol. The molecule has 1 atom stereocenters. The first-order valence-electron chi connectivity index (χ1n) is 10.5. The number of pyridine rings is 2. The van der Waals surface area contributed by atoms with Crippen molar-refractivity contribution in [3.63, 3.8) is 0 Å². The molecule has 0 unspecified atom stereocenters. The molecule has 2 aromatic carbocycles. The first-order valence-corrected chi connectivity index (χ1v) is 10.9. The highest BCUT2D eigenvalue weighted by atomic mass is 35.5. The highest BCUT2D eigenvalue weighted by Gasteiger charge is 2.14. The number of carbonyl (C=O) groups is 1. The molecule has 0 aliphatic carbocycles. The summed E-state index contributed by atoms with van der Waals surface area (Å²) in [4.78, 5) is 31.4. The molecule has 3 N–H and O–H groups in total. The Morgan fingerprint density at radius 2 is 1.94 bits per heavy atom. The Labute approximate surface area is 200 Å². The number of rotatable bonds is 7. The molecular weight excluding hydrogens is 456 g/mol. The molecule has 34 heavy (non-hydrogen) atoms. The van der Waals surface area contributed by atoms with Gasteiger partial charge in [0.25, 0.3) is 5.56 Å². The Balaban J connectivity index is 1.54. The number of halogens is 1. The lowest BCUT2D eigenvalue weighted by atomic mass is 10.1. The molecule has 0 fully saturated rings. The second-order valence-corrected chi connectivity index (χ2v) is 8.00. The summed E-state index contributed by atoms with van der Waals surface area (Å²) in [6.07, 6.45) is 1.14. The molecular formula is C25H23ClN4O4. The number of anilines is 2. The maximum absolute atomic E-state index is 12.8. The van der Waals surface area contributed by atoms with Crippen molar-refractivity contribution >= 4 is 40.0 Å². The van der Waals surface area contributed by atoms with Crippen molar-refractivity contribution in [1.82, 2.24) is 9.97 Å². The molecule has 0 aliphatic heterocycles. The molecule has 2 heterocycles. The third kappa shape index (κ3) is 5.47. The van der Waals surface area contributed by atoms with Crippen molar-refractivity contribution in [2.24, 2.45) is 0 Å². The van der Waals surface area contributed by atoms with Crippen LogP contribution < -0.4 is 20.9 Å². The van der Waals surface area contributed by atoms with Crippen molar-refractivity contribution in [1.29, 1.82) is 0 Å². The summed E-state index contributed by atoms with van der Waals surface area (Å²) < 4.78 is 10.4. The number of hydrogen-bond donors (Lipinski definition) is 3. The number of aromatic nitrogens is 2. The van der Waals surface area contributed by atoms with Crippen LogP contribution in [0.3, 0.4) is 0 Å². The van der Waals surface area contributed by atoms with E-state index in [0.29, 0.717) is 27.5 Å². The molecule has 0 bridgehead atoms. The Hall–Kier alpha value is -4.04. The summed E-state index contributed by atoms with van der Waals surface area (Å²) in [5.74, 6) is 0.462. The molecule has 0 aliphatic rings. The summed E-state index contributed by atoms with van der Waals surface area (Å²) in [6, 6.07) is 17.7. The number of nitrogens with zero attached hydrogens (tertiary/aromatic N) is 1. The SMILES string of the molecule is COC(=O)Nc1cccc(N[C@@H](C)c2cc3cc(Cl)c(OCc4ccccn4)cc3[nH]c2=O)c1. The van der Waals surface area contributed by atoms with E-state index >= 15 is 0 Å². The number of nitrogens with one attached hydrogen (secondary N) is 3. The highest BCUT2D eigenvalue weighted by molar-refractivity contribution is 6.32. The van der Waals surface area contributed by atoms with Crippen LogP contribution in [-0.4, -0.2) is 23.2 Å². The summed E-state index contributed by atoms with van der Waals surface area (Å²) in [6.45, 7) is 2.14. The number of benzene rings is 2. The van der Waals surface area contributed by atoms with E-state index in [1.54, 1.807) is 42.6 Å². The van der Waals surface area contributed by atoms with Crippen LogP contribution in [0.1, 0.15) is 24.2 Å². The van der Waals surface area contributed by atoms with Gasteiger partial charge in [-0.05, 0) is 49.4 Å². The van der Waals surface area contributed by atoms with Gasteiger partial charge < -0.3 is 19.8 Å². The Morgan fingerprint density at radius 1 is 1.12 bits per heavy atom. The van der Waals surface area contributed by atoms with Gasteiger partial charge in [0.1, 0.15) is 12.4 Å². The summed E-state index contributed by atoms with van der Waals surface area (Å²) in [7, 11) is 1.30. The van der Waals surface area contributed by atoms with Crippen LogP contribution in [0.2, 0.25) is 5.02 Å². The van der Waals surface area contributed by atoms with Gasteiger partial charge in [0, 0.05) is 34.6 Å². The van der Waals surface area contributed by atoms with Gasteiger partial charge in [0.2, 0.25) is 0 Å². The van der Waals surface area contributed by atoms with E-state index in [2.05, 4.69) is 25.3 Å². The van der Waals surface area contributed by atoms with Crippen LogP contribution >= 0.6 is 11.6 Å². The summed E-state index contributed by atoms with van der Waals surface area (Å²) >= 11 is 6.44. The number of methoxy groups -OCH3 is 1. The van der Waals surface area contributed by atoms with E-state index in [4.69, 9.17) is 16.3 Å². The Morgan fingerprint density at radius 3 is 2.71 bits per heavy atom. The number of H-pyrrole nitrogens is 1. The minimum atomic E-state index is -0.559. The largest absolute Gasteiger partial charge is 0.486 e. The molecule has 1 amide bonds. The van der Waals surface area contributed by atoms with Crippen LogP contribution in [-0.2, 0) is 11.3 Å². The van der Waals surface area contributed by atoms with Crippen LogP contribution in [0.4, 0.5) is 16.2 Å². The van der Waals surface area contributed by atoms with E-state index in [0.717, 1.165) is 16.8 Å². The maximum atomic E-state index is 12.8. The lowest BCUT2D eigenvalue weighted by molar-refractivity contribution is 0.187. The number of hydrogen-bond acceptors (Lipinski definition) is 6. The van der Waals surface area contributed by atoms with Crippen molar-refractivity contribution in [3.05, 3.63) is 93.5 Å². The molecule has 0 spiro atoms. The van der Waals surface area contributed by atoms with E-state index in [1.165, 1.54) is 7.11 Å². The Bertz CT molecular complexity index is 1370. The van der Waals surface area contributed by atoms with Gasteiger partial charge >= 0.3 is 6.09 Å². The minimum absolute atomic E-state index is 0.227. The van der Waals surface area contributed by atoms with E-state index in [-0.39, 0.29) is 18.2 Å². The summed E-state index contributed by atoms with van der Waals surface area (Å²) in [5.41, 5.74) is 3.00. The average molecular weight is 479 g/mol. The van der Waals surface area contributed by atoms with Crippen molar-refractivity contribution in [3.8, 4) is 5.75 Å². The standard InChI is InChI=1S/C25H23ClN4O4/c1-15(28-17-7-5-8-18(12-17)29-25(32)33-2)20-10-16-11-21(26)23(13-22(16)30-24(20)31)34-14-19-6-3-4-9-27-19/h3-13,15,28H,14H2,1-2H3,(H,29,32)(H,30,31)/t15-/m0/s1. The van der Waals surface area contributed by atoms with Gasteiger partial charge in [0.15, 0.2) is 0 Å². The molecule has 9 heteroatoms. The molecule has 4 rings (SSSR count). The Kier molecular flexibility index (Phi) is 6.98. The highest BCUT2D eigenvalue weighted by Crippen LogP contribution is 2.30. The molecule has 2 aromatic heterocycles. The number of amides is 1. The van der Waals surface area contributed by atoms with Crippen molar-refractivity contribution < 1.29 is 14.3 Å². The maximum Gasteiger partial charge on any atom is 0.411 e. The van der Waals surface area contributed by atoms with Crippen LogP contribution in [0.5, 0.6) is 5.75 Å². The van der Waals surface area contributed by atoms with Crippen molar-refractivity contribution in [2.45, 2.75) is 19.6 Å². The van der Waals surface area contributed by atoms with E-state index in [1.807, 2.05) is 31.2 Å². The number of aromatic amines is 1. The second-order valence-electron chi connectivity index (χ2n) is 7.60. The fraction of sp³-hybridized carbons (Fsp3) is 0.160. The quantitative estimate of drug-likeness (QED) is 0.323. The smallest absolute Gasteiger partial charge is 0.411 e. The van der Waals surface area contributed by atoms with Gasteiger partial charge in [-0.1, -0.05) is 23.7 Å². The lowest BCUT2D eigenvalue weighted by Crippen LogP contribution is -2.19. The number of ether oxygens (including phenoxy) is 2. The first-order chi connectivity index (χ1) is 16.4. The van der Waals surface area contributed by atoms with E-state index in [9.17, 15) is 9.59 Å². The van der Waals surface area contributed by atoms with Gasteiger partial charge in [-0.2, -0.15) is 0 Å². The van der Waals surface area contributed by atoms with Gasteiger partial charge in [-0.15, -0.1) is 0 Å². The third-order valence-electron chi connectivity index (χ3n) is 5.17. The molecule has 0 saturated heterocycles. The molecule has 0 saturated carbocycles. The third-order valence-corrected chi connectivity index (χ3v) is 5.47. The lowest BCUT2D eigenvalue weighted by Gasteiger charge is -2.17. The second kappa shape index (κ2) is 10.3. The fourth-order valence-electron chi connectivity index (χ4n) is 3.47. The van der Waals surface area contributed by atoms with Crippen molar-refractivity contribution in [2.75, 3.05) is 17.7 Å². The molecule has 0 radical (unpaired) electrons. The van der Waals surface area contributed by atoms with Gasteiger partial charge in [-0.25, -0.2) is 4.79 Å². The fourth-order valence-corrected chi connectivity index (χ4v) is 3.70. The number of fused-ring (bicyclic) bond motifs is 1. The van der Waals surface area contributed by atoms with E-state index < -0.39 is 6.09 Å². The zero-order valence-electron chi connectivity index (χ0n) is 18.6. The zero-order valence-corrected chi connectivity index (χ0v) is 19.3. The molecule has 174 valence electrons. The molecule has 8 nitrogen and oxygen atoms in total. The van der Waals surface area contributed by atoms with Crippen LogP contribution in [0.25, 0.3) is 10.9 Å². The molecule has 4 aromatic rings. The van der Waals surface area contributed by atoms with Gasteiger partial charge in [0.05, 0.1) is 29.4 Å². The zero-order chi connectivity index (χ0) is 24.1. The number of carbonyl (C=O) groups excluding carboxylic acids is 1. The minimum Gasteiger partial charge on any atom is -0.486 e. The van der Waals surface area contributed by atoms with Gasteiger partial charge in [-0.3, -0.25) is 15.1 Å². The summed E-state index contributed by atoms with van der Waals surface area (Å²) in [5, 5.41) is 7.11. The first kappa shape index (κ1) is 23.1. The average Bonchev–Trinajstić information content (AvgIpc) is 2.83.